The molecule has 0 spiro atoms. The first-order valence-corrected chi connectivity index (χ1v) is 8.66. The van der Waals surface area contributed by atoms with Crippen LogP contribution in [0.15, 0.2) is 24.3 Å². The fraction of sp³-hybridized carbons (Fsp3) is 0.579. The van der Waals surface area contributed by atoms with E-state index >= 15 is 0 Å². The molecule has 0 bridgehead atoms. The van der Waals surface area contributed by atoms with Gasteiger partial charge in [0.2, 0.25) is 5.91 Å². The number of hydrogen-bond acceptors (Lipinski definition) is 3. The molecule has 1 fully saturated rings. The number of Topliss-reactive ketones (excluding diaryl/α,β-unsaturated/α-hetero) is 1. The third-order valence-corrected chi connectivity index (χ3v) is 4.84. The molecule has 1 saturated heterocycles. The van der Waals surface area contributed by atoms with E-state index in [1.54, 1.807) is 19.1 Å². The first kappa shape index (κ1) is 20.7. The van der Waals surface area contributed by atoms with Crippen LogP contribution in [-0.2, 0) is 11.2 Å². The Bertz CT molecular complexity index is 533. The lowest BCUT2D eigenvalue weighted by Gasteiger charge is -2.39. The Morgan fingerprint density at radius 2 is 1.54 bits per heavy atom. The molecule has 0 aliphatic carbocycles. The van der Waals surface area contributed by atoms with E-state index in [1.807, 2.05) is 17.0 Å². The van der Waals surface area contributed by atoms with Gasteiger partial charge in [-0.05, 0) is 25.3 Å². The largest absolute Gasteiger partial charge is 0.340 e. The predicted octanol–water partition coefficient (Wildman–Crippen LogP) is 3.19. The van der Waals surface area contributed by atoms with Crippen molar-refractivity contribution in [3.63, 3.8) is 0 Å². The van der Waals surface area contributed by atoms with E-state index in [9.17, 15) is 9.59 Å². The zero-order chi connectivity index (χ0) is 16.8. The Morgan fingerprint density at radius 1 is 1.00 bits per heavy atom. The molecule has 1 amide bonds. The molecular weight excluding hydrogens is 324 g/mol. The zero-order valence-electron chi connectivity index (χ0n) is 15.0. The summed E-state index contributed by atoms with van der Waals surface area (Å²) in [6, 6.07) is 8.02. The third-order valence-electron chi connectivity index (χ3n) is 4.84. The molecule has 1 heterocycles. The highest BCUT2D eigenvalue weighted by atomic mass is 35.5. The van der Waals surface area contributed by atoms with Crippen molar-refractivity contribution in [3.05, 3.63) is 35.4 Å². The van der Waals surface area contributed by atoms with Crippen LogP contribution in [0.3, 0.4) is 0 Å². The lowest BCUT2D eigenvalue weighted by molar-refractivity contribution is -0.132. The van der Waals surface area contributed by atoms with Gasteiger partial charge in [-0.1, -0.05) is 38.1 Å². The van der Waals surface area contributed by atoms with E-state index in [-0.39, 0.29) is 24.1 Å². The van der Waals surface area contributed by atoms with Gasteiger partial charge in [0, 0.05) is 37.8 Å². The Kier molecular flexibility index (Phi) is 8.43. The van der Waals surface area contributed by atoms with Gasteiger partial charge in [0.25, 0.3) is 0 Å². The molecule has 1 aliphatic heterocycles. The standard InChI is InChI=1S/C19H28N2O2.ClH/c1-4-18(5-2)20-10-12-21(13-11-20)19(23)14-16-6-8-17(9-7-16)15(3)22;/h6-9,18H,4-5,10-14H2,1-3H3;1H. The van der Waals surface area contributed by atoms with Gasteiger partial charge in [0.05, 0.1) is 6.42 Å². The second-order valence-corrected chi connectivity index (χ2v) is 6.32. The summed E-state index contributed by atoms with van der Waals surface area (Å²) in [7, 11) is 0. The summed E-state index contributed by atoms with van der Waals surface area (Å²) in [5, 5.41) is 0. The summed E-state index contributed by atoms with van der Waals surface area (Å²) in [4.78, 5) is 28.2. The normalized spacial score (nSPS) is 15.2. The number of ketones is 1. The van der Waals surface area contributed by atoms with Crippen LogP contribution >= 0.6 is 12.4 Å². The minimum absolute atomic E-state index is 0. The van der Waals surface area contributed by atoms with Crippen LogP contribution in [-0.4, -0.2) is 53.7 Å². The summed E-state index contributed by atoms with van der Waals surface area (Å²) in [6.07, 6.45) is 2.77. The summed E-state index contributed by atoms with van der Waals surface area (Å²) in [5.74, 6) is 0.241. The highest BCUT2D eigenvalue weighted by Gasteiger charge is 2.24. The smallest absolute Gasteiger partial charge is 0.227 e. The first-order chi connectivity index (χ1) is 11.0. The van der Waals surface area contributed by atoms with E-state index in [4.69, 9.17) is 0 Å². The van der Waals surface area contributed by atoms with Gasteiger partial charge in [0.15, 0.2) is 5.78 Å². The minimum Gasteiger partial charge on any atom is -0.340 e. The molecule has 2 rings (SSSR count). The van der Waals surface area contributed by atoms with Gasteiger partial charge in [0.1, 0.15) is 0 Å². The van der Waals surface area contributed by atoms with Crippen molar-refractivity contribution in [2.75, 3.05) is 26.2 Å². The maximum atomic E-state index is 12.4. The van der Waals surface area contributed by atoms with E-state index in [1.165, 1.54) is 12.8 Å². The molecule has 0 N–H and O–H groups in total. The average molecular weight is 353 g/mol. The van der Waals surface area contributed by atoms with Crippen LogP contribution in [0.5, 0.6) is 0 Å². The van der Waals surface area contributed by atoms with E-state index in [0.717, 1.165) is 31.7 Å². The molecule has 134 valence electrons. The summed E-state index contributed by atoms with van der Waals surface area (Å²) in [5.41, 5.74) is 1.67. The van der Waals surface area contributed by atoms with Gasteiger partial charge in [-0.2, -0.15) is 0 Å². The highest BCUT2D eigenvalue weighted by Crippen LogP contribution is 2.13. The van der Waals surface area contributed by atoms with Crippen LogP contribution in [0.4, 0.5) is 0 Å². The number of piperazine rings is 1. The van der Waals surface area contributed by atoms with Crippen LogP contribution < -0.4 is 0 Å². The van der Waals surface area contributed by atoms with Crippen molar-refractivity contribution in [1.29, 1.82) is 0 Å². The van der Waals surface area contributed by atoms with Gasteiger partial charge >= 0.3 is 0 Å². The fourth-order valence-corrected chi connectivity index (χ4v) is 3.29. The van der Waals surface area contributed by atoms with E-state index < -0.39 is 0 Å². The highest BCUT2D eigenvalue weighted by molar-refractivity contribution is 5.94. The average Bonchev–Trinajstić information content (AvgIpc) is 2.57. The molecule has 0 atom stereocenters. The Balaban J connectivity index is 0.00000288. The van der Waals surface area contributed by atoms with E-state index in [2.05, 4.69) is 18.7 Å². The molecule has 4 nitrogen and oxygen atoms in total. The number of hydrogen-bond donors (Lipinski definition) is 0. The maximum Gasteiger partial charge on any atom is 0.227 e. The molecule has 1 aromatic rings. The predicted molar refractivity (Wildman–Crippen MR) is 99.9 cm³/mol. The Morgan fingerprint density at radius 3 is 2.00 bits per heavy atom. The zero-order valence-corrected chi connectivity index (χ0v) is 15.8. The lowest BCUT2D eigenvalue weighted by Crippen LogP contribution is -2.52. The molecule has 24 heavy (non-hydrogen) atoms. The summed E-state index contributed by atoms with van der Waals surface area (Å²) >= 11 is 0. The molecule has 5 heteroatoms. The number of halogens is 1. The fourth-order valence-electron chi connectivity index (χ4n) is 3.29. The number of amides is 1. The maximum absolute atomic E-state index is 12.4. The monoisotopic (exact) mass is 352 g/mol. The lowest BCUT2D eigenvalue weighted by atomic mass is 10.1. The molecule has 0 aromatic heterocycles. The quantitative estimate of drug-likeness (QED) is 0.738. The number of nitrogens with zero attached hydrogens (tertiary/aromatic N) is 2. The second-order valence-electron chi connectivity index (χ2n) is 6.32. The van der Waals surface area contributed by atoms with Crippen LogP contribution in [0, 0.1) is 0 Å². The topological polar surface area (TPSA) is 40.6 Å². The first-order valence-electron chi connectivity index (χ1n) is 8.66. The van der Waals surface area contributed by atoms with Crippen LogP contribution in [0.2, 0.25) is 0 Å². The second kappa shape index (κ2) is 9.80. The summed E-state index contributed by atoms with van der Waals surface area (Å²) in [6.45, 7) is 9.61. The summed E-state index contributed by atoms with van der Waals surface area (Å²) < 4.78 is 0. The molecule has 0 saturated carbocycles. The van der Waals surface area contributed by atoms with Crippen molar-refractivity contribution in [2.24, 2.45) is 0 Å². The van der Waals surface area contributed by atoms with Gasteiger partial charge in [-0.3, -0.25) is 14.5 Å². The van der Waals surface area contributed by atoms with Gasteiger partial charge in [-0.15, -0.1) is 12.4 Å². The van der Waals surface area contributed by atoms with E-state index in [0.29, 0.717) is 18.0 Å². The number of rotatable bonds is 6. The number of carbonyl (C=O) groups excluding carboxylic acids is 2. The van der Waals surface area contributed by atoms with Crippen molar-refractivity contribution in [1.82, 2.24) is 9.80 Å². The van der Waals surface area contributed by atoms with Crippen molar-refractivity contribution >= 4 is 24.1 Å². The molecule has 1 aliphatic rings. The molecular formula is C19H29ClN2O2. The Labute approximate surface area is 151 Å². The van der Waals surface area contributed by atoms with Crippen LogP contribution in [0.1, 0.15) is 49.5 Å². The van der Waals surface area contributed by atoms with Crippen LogP contribution in [0.25, 0.3) is 0 Å². The number of benzene rings is 1. The minimum atomic E-state index is 0. The Hall–Kier alpha value is -1.39. The molecule has 0 radical (unpaired) electrons. The number of carbonyl (C=O) groups is 2. The van der Waals surface area contributed by atoms with Crippen molar-refractivity contribution in [3.8, 4) is 0 Å². The third kappa shape index (κ3) is 5.32. The van der Waals surface area contributed by atoms with Gasteiger partial charge < -0.3 is 4.90 Å². The van der Waals surface area contributed by atoms with Crippen molar-refractivity contribution in [2.45, 2.75) is 46.1 Å². The molecule has 1 aromatic carbocycles. The molecule has 0 unspecified atom stereocenters. The SMILES string of the molecule is CCC(CC)N1CCN(C(=O)Cc2ccc(C(C)=O)cc2)CC1.Cl. The van der Waals surface area contributed by atoms with Crippen molar-refractivity contribution < 1.29 is 9.59 Å². The van der Waals surface area contributed by atoms with Gasteiger partial charge in [-0.25, -0.2) is 0 Å².